The Morgan fingerprint density at radius 2 is 2.05 bits per heavy atom. The monoisotopic (exact) mass is 503 g/mol. The first kappa shape index (κ1) is 18.6. The molecule has 1 rings (SSSR count). The van der Waals surface area contributed by atoms with Crippen LogP contribution in [0.15, 0.2) is 20.3 Å². The number of hydrogen-bond donors (Lipinski definition) is 2. The van der Waals surface area contributed by atoms with Crippen molar-refractivity contribution in [3.63, 3.8) is 0 Å². The summed E-state index contributed by atoms with van der Waals surface area (Å²) in [6, 6.07) is 2.95. The fourth-order valence-corrected chi connectivity index (χ4v) is 1.78. The average molecular weight is 504 g/mol. The molecule has 0 bridgehead atoms. The molecular formula is C10H12BBrFNO4W. The molecule has 0 amide bonds. The van der Waals surface area contributed by atoms with Gasteiger partial charge in [0.1, 0.15) is 5.75 Å². The van der Waals surface area contributed by atoms with Crippen LogP contribution >= 0.6 is 15.9 Å². The fourth-order valence-electron chi connectivity index (χ4n) is 1.24. The van der Waals surface area contributed by atoms with Gasteiger partial charge in [0.05, 0.1) is 10.6 Å². The van der Waals surface area contributed by atoms with E-state index in [1.165, 1.54) is 12.1 Å². The summed E-state index contributed by atoms with van der Waals surface area (Å²) in [6.45, 7) is 3.63. The number of benzene rings is 1. The van der Waals surface area contributed by atoms with E-state index in [4.69, 9.17) is 4.74 Å². The molecule has 0 aromatic heterocycles. The van der Waals surface area contributed by atoms with Gasteiger partial charge in [0.15, 0.2) is 6.29 Å². The van der Waals surface area contributed by atoms with Crippen LogP contribution in [-0.2, 0) is 19.6 Å². The topological polar surface area (TPSA) is 79.1 Å². The second-order valence-corrected chi connectivity index (χ2v) is 4.90. The molecule has 0 aliphatic carbocycles. The van der Waals surface area contributed by atoms with Crippen molar-refractivity contribution in [2.45, 2.75) is 20.0 Å². The minimum absolute atomic E-state index is 0.129. The first-order valence-corrected chi connectivity index (χ1v) is 7.23. The molecule has 104 valence electrons. The van der Waals surface area contributed by atoms with E-state index in [1.807, 2.05) is 13.8 Å². The molecule has 0 heterocycles. The third-order valence-electron chi connectivity index (χ3n) is 1.92. The van der Waals surface area contributed by atoms with Gasteiger partial charge >= 0.3 is 34.9 Å². The fraction of sp³-hybridized carbons (Fsp3) is 0.300. The maximum absolute atomic E-state index is 10.7. The molecule has 19 heavy (non-hydrogen) atoms. The molecule has 0 aliphatic rings. The average Bonchev–Trinajstić information content (AvgIpc) is 2.31. The first-order chi connectivity index (χ1) is 8.88. The van der Waals surface area contributed by atoms with Crippen molar-refractivity contribution < 1.29 is 43.7 Å². The standard InChI is InChI=1S/C10H12BBrO4.FN.W/c1-6(2)16-10-8(11(14)15)4-3-7(5-13)9(10)12;1-2;/h3-6,14-15H,1-2H3;;. The van der Waals surface area contributed by atoms with E-state index in [9.17, 15) is 19.3 Å². The normalized spacial score (nSPS) is 9.42. The van der Waals surface area contributed by atoms with Crippen molar-refractivity contribution >= 4 is 34.8 Å². The molecule has 1 aromatic rings. The van der Waals surface area contributed by atoms with E-state index in [0.29, 0.717) is 36.0 Å². The van der Waals surface area contributed by atoms with E-state index in [-0.39, 0.29) is 17.3 Å². The third-order valence-corrected chi connectivity index (χ3v) is 2.73. The van der Waals surface area contributed by atoms with Crippen LogP contribution in [0.25, 0.3) is 0 Å². The van der Waals surface area contributed by atoms with E-state index < -0.39 is 7.12 Å². The number of carbonyl (C=O) groups excluding carboxylic acids is 1. The Hall–Kier alpha value is -0.427. The van der Waals surface area contributed by atoms with Crippen molar-refractivity contribution in [3.8, 4) is 5.75 Å². The summed E-state index contributed by atoms with van der Waals surface area (Å²) in [5, 5.41) is 18.3. The summed E-state index contributed by atoms with van der Waals surface area (Å²) in [5.74, 6) is 0.287. The molecule has 0 fully saturated rings. The molecular weight excluding hydrogens is 492 g/mol. The Kier molecular flexibility index (Phi) is 9.26. The molecule has 0 radical (unpaired) electrons. The SMILES string of the molecule is CC(C)Oc1c(B(O)O)ccc(C=O)c1Br.F[N]=[W]. The third kappa shape index (κ3) is 6.04. The van der Waals surface area contributed by atoms with Gasteiger partial charge in [-0.2, -0.15) is 0 Å². The van der Waals surface area contributed by atoms with Crippen LogP contribution in [0.1, 0.15) is 24.2 Å². The van der Waals surface area contributed by atoms with Gasteiger partial charge in [-0.15, -0.1) is 0 Å². The Labute approximate surface area is 130 Å². The summed E-state index contributed by atoms with van der Waals surface area (Å²) < 4.78 is 17.9. The van der Waals surface area contributed by atoms with E-state index in [1.54, 1.807) is 0 Å². The van der Waals surface area contributed by atoms with Crippen LogP contribution in [0.2, 0.25) is 0 Å². The first-order valence-electron chi connectivity index (χ1n) is 5.13. The number of carbonyl (C=O) groups is 1. The molecule has 0 saturated carbocycles. The van der Waals surface area contributed by atoms with Gasteiger partial charge in [-0.05, 0) is 29.8 Å². The number of aldehydes is 1. The van der Waals surface area contributed by atoms with Gasteiger partial charge in [-0.1, -0.05) is 12.1 Å². The predicted molar refractivity (Wildman–Crippen MR) is 68.7 cm³/mol. The Morgan fingerprint density at radius 1 is 1.53 bits per heavy atom. The van der Waals surface area contributed by atoms with Gasteiger partial charge in [0, 0.05) is 11.0 Å². The minimum atomic E-state index is -1.63. The summed E-state index contributed by atoms with van der Waals surface area (Å²) in [7, 11) is -1.63. The molecule has 0 saturated heterocycles. The molecule has 1 aromatic carbocycles. The van der Waals surface area contributed by atoms with Gasteiger partial charge in [0.25, 0.3) is 0 Å². The van der Waals surface area contributed by atoms with E-state index >= 15 is 0 Å². The van der Waals surface area contributed by atoms with Crippen LogP contribution in [0.4, 0.5) is 4.48 Å². The van der Waals surface area contributed by atoms with Crippen LogP contribution in [0.3, 0.4) is 0 Å². The van der Waals surface area contributed by atoms with Gasteiger partial charge < -0.3 is 14.8 Å². The van der Waals surface area contributed by atoms with Crippen LogP contribution in [-0.4, -0.2) is 29.6 Å². The van der Waals surface area contributed by atoms with Crippen molar-refractivity contribution in [1.29, 1.82) is 0 Å². The molecule has 5 nitrogen and oxygen atoms in total. The number of nitrogens with zero attached hydrogens (tertiary/aromatic N) is 1. The van der Waals surface area contributed by atoms with Crippen LogP contribution in [0.5, 0.6) is 5.75 Å². The molecule has 9 heteroatoms. The molecule has 2 N–H and O–H groups in total. The molecule has 0 unspecified atom stereocenters. The molecule has 0 aliphatic heterocycles. The van der Waals surface area contributed by atoms with E-state index in [0.717, 1.165) is 0 Å². The van der Waals surface area contributed by atoms with Crippen LogP contribution in [0, 0.1) is 0 Å². The van der Waals surface area contributed by atoms with Crippen molar-refractivity contribution in [3.05, 3.63) is 22.2 Å². The zero-order valence-electron chi connectivity index (χ0n) is 10.2. The summed E-state index contributed by atoms with van der Waals surface area (Å²) in [5.41, 5.74) is 0.631. The number of rotatable bonds is 4. The zero-order chi connectivity index (χ0) is 15.0. The van der Waals surface area contributed by atoms with Crippen LogP contribution < -0.4 is 10.2 Å². The molecule has 0 spiro atoms. The quantitative estimate of drug-likeness (QED) is 0.480. The van der Waals surface area contributed by atoms with Crippen molar-refractivity contribution in [1.82, 2.24) is 0 Å². The maximum atomic E-state index is 10.7. The molecule has 0 atom stereocenters. The van der Waals surface area contributed by atoms with Crippen molar-refractivity contribution in [2.24, 2.45) is 3.72 Å². The number of ether oxygens (including phenoxy) is 1. The van der Waals surface area contributed by atoms with Gasteiger partial charge in [-0.3, -0.25) is 4.79 Å². The Balaban J connectivity index is 0.000000982. The Morgan fingerprint density at radius 3 is 2.42 bits per heavy atom. The summed E-state index contributed by atoms with van der Waals surface area (Å²) >= 11 is 3.84. The summed E-state index contributed by atoms with van der Waals surface area (Å²) in [4.78, 5) is 10.7. The number of hydrogen-bond acceptors (Lipinski definition) is 5. The van der Waals surface area contributed by atoms with Gasteiger partial charge in [-0.25, -0.2) is 0 Å². The second-order valence-electron chi connectivity index (χ2n) is 3.61. The zero-order valence-corrected chi connectivity index (χ0v) is 14.7. The Bertz CT molecular complexity index is 448. The summed E-state index contributed by atoms with van der Waals surface area (Å²) in [6.07, 6.45) is 0.542. The van der Waals surface area contributed by atoms with Gasteiger partial charge in [0.2, 0.25) is 0 Å². The van der Waals surface area contributed by atoms with Crippen molar-refractivity contribution in [2.75, 3.05) is 0 Å². The predicted octanol–water partition coefficient (Wildman–Crippen LogP) is 1.33. The van der Waals surface area contributed by atoms with E-state index in [2.05, 4.69) is 19.6 Å². The second kappa shape index (κ2) is 9.47. The number of halogens is 2.